The summed E-state index contributed by atoms with van der Waals surface area (Å²) in [5.41, 5.74) is 0. The van der Waals surface area contributed by atoms with Crippen molar-refractivity contribution in [3.63, 3.8) is 0 Å². The standard InChI is InChI=1S/C13H30NO2P.CH4/c1-12(2)14(13(3)4)17(5)16-11-9-7-6-8-10-15;/h12-13,15H,6-11H2,1-5H3;1H4/i15D;1T. The summed E-state index contributed by atoms with van der Waals surface area (Å²) in [6.07, 6.45) is 4.38. The zero-order valence-corrected chi connectivity index (χ0v) is 14.0. The highest BCUT2D eigenvalue weighted by Crippen LogP contribution is 2.40. The molecule has 1 unspecified atom stereocenters. The zero-order chi connectivity index (χ0) is 16.0. The second-order valence-electron chi connectivity index (χ2n) is 4.98. The van der Waals surface area contributed by atoms with E-state index in [-0.39, 0.29) is 0 Å². The van der Waals surface area contributed by atoms with Crippen LogP contribution in [0.3, 0.4) is 0 Å². The van der Waals surface area contributed by atoms with Gasteiger partial charge in [0.15, 0.2) is 0 Å². The Morgan fingerprint density at radius 2 is 1.78 bits per heavy atom. The van der Waals surface area contributed by atoms with Crippen LogP contribution < -0.4 is 0 Å². The molecule has 0 saturated heterocycles. The van der Waals surface area contributed by atoms with Gasteiger partial charge in [0, 0.05) is 20.1 Å². The second kappa shape index (κ2) is 12.3. The number of hydrogen-bond acceptors (Lipinski definition) is 3. The van der Waals surface area contributed by atoms with Crippen LogP contribution in [0.2, 0.25) is 0 Å². The maximum atomic E-state index is 6.58. The van der Waals surface area contributed by atoms with E-state index < -0.39 is 8.30 Å². The molecule has 0 radical (unpaired) electrons. The minimum atomic E-state index is -0.472. The van der Waals surface area contributed by atoms with Crippen molar-refractivity contribution in [3.8, 4) is 0 Å². The van der Waals surface area contributed by atoms with Crippen LogP contribution in [0.1, 0.15) is 62.2 Å². The first kappa shape index (κ1) is 16.4. The van der Waals surface area contributed by atoms with E-state index >= 15 is 0 Å². The van der Waals surface area contributed by atoms with Crippen LogP contribution in [0.15, 0.2) is 0 Å². The van der Waals surface area contributed by atoms with Crippen LogP contribution >= 0.6 is 8.30 Å². The first-order chi connectivity index (χ1) is 9.50. The maximum Gasteiger partial charge on any atom is 0.210 e. The fourth-order valence-electron chi connectivity index (χ4n) is 2.07. The van der Waals surface area contributed by atoms with Crippen molar-refractivity contribution < 1.29 is 11.0 Å². The number of rotatable bonds is 11. The van der Waals surface area contributed by atoms with Crippen molar-refractivity contribution in [2.24, 2.45) is 0 Å². The summed E-state index contributed by atoms with van der Waals surface area (Å²) in [5, 5.41) is 4.29. The molecule has 1 N–H and O–H groups in total. The summed E-state index contributed by atoms with van der Waals surface area (Å²) in [6, 6.07) is 1.07. The predicted molar refractivity (Wildman–Crippen MR) is 83.2 cm³/mol. The van der Waals surface area contributed by atoms with Crippen molar-refractivity contribution in [3.05, 3.63) is 0 Å². The van der Waals surface area contributed by atoms with E-state index in [9.17, 15) is 0 Å². The molecule has 0 aromatic heterocycles. The van der Waals surface area contributed by atoms with Gasteiger partial charge >= 0.3 is 0 Å². The van der Waals surface area contributed by atoms with Crippen molar-refractivity contribution in [1.82, 2.24) is 4.67 Å². The van der Waals surface area contributed by atoms with Gasteiger partial charge < -0.3 is 9.63 Å². The van der Waals surface area contributed by atoms with E-state index in [0.717, 1.165) is 32.3 Å². The molecule has 0 amide bonds. The lowest BCUT2D eigenvalue weighted by Crippen LogP contribution is -2.32. The summed E-state index contributed by atoms with van der Waals surface area (Å²) < 4.78 is 20.7. The lowest BCUT2D eigenvalue weighted by Gasteiger charge is -2.35. The predicted octanol–water partition coefficient (Wildman–Crippen LogP) is 4.25. The van der Waals surface area contributed by atoms with Crippen LogP contribution in [0.25, 0.3) is 0 Å². The maximum absolute atomic E-state index is 6.58. The van der Waals surface area contributed by atoms with Crippen LogP contribution in [-0.4, -0.2) is 43.2 Å². The molecule has 0 aliphatic carbocycles. The van der Waals surface area contributed by atoms with Gasteiger partial charge in [-0.1, -0.05) is 20.2 Å². The van der Waals surface area contributed by atoms with Crippen LogP contribution in [0.5, 0.6) is 0 Å². The van der Waals surface area contributed by atoms with E-state index in [1.165, 1.54) is 7.40 Å². The van der Waals surface area contributed by atoms with Crippen molar-refractivity contribution in [2.75, 3.05) is 19.9 Å². The molecule has 0 rings (SSSR count). The van der Waals surface area contributed by atoms with E-state index in [2.05, 4.69) is 44.1 Å². The Morgan fingerprint density at radius 1 is 1.22 bits per heavy atom. The second-order valence-corrected chi connectivity index (χ2v) is 6.63. The first-order valence-corrected chi connectivity index (χ1v) is 8.39. The topological polar surface area (TPSA) is 32.7 Å². The van der Waals surface area contributed by atoms with Gasteiger partial charge in [-0.05, 0) is 47.2 Å². The fourth-order valence-corrected chi connectivity index (χ4v) is 3.90. The van der Waals surface area contributed by atoms with Gasteiger partial charge in [-0.2, -0.15) is 0 Å². The van der Waals surface area contributed by atoms with Gasteiger partial charge in [-0.3, -0.25) is 4.67 Å². The molecule has 0 bridgehead atoms. The molecule has 1 atom stereocenters. The molecule has 0 aliphatic heterocycles. The lowest BCUT2D eigenvalue weighted by molar-refractivity contribution is 0.248. The Hall–Kier alpha value is 0.310. The highest BCUT2D eigenvalue weighted by atomic mass is 31.2. The Labute approximate surface area is 119 Å². The molecule has 3 nitrogen and oxygen atoms in total. The van der Waals surface area contributed by atoms with E-state index in [1.54, 1.807) is 0 Å². The smallest absolute Gasteiger partial charge is 0.210 e. The Kier molecular flexibility index (Phi) is 11.2. The molecule has 0 aromatic carbocycles. The molecule has 4 heteroatoms. The number of hydrogen-bond donors (Lipinski definition) is 1. The molecule has 112 valence electrons. The quantitative estimate of drug-likeness (QED) is 0.454. The van der Waals surface area contributed by atoms with Crippen LogP contribution in [-0.2, 0) is 4.52 Å². The van der Waals surface area contributed by atoms with Crippen LogP contribution in [0.4, 0.5) is 0 Å². The zero-order valence-electron chi connectivity index (χ0n) is 15.1. The lowest BCUT2D eigenvalue weighted by atomic mass is 10.2. The van der Waals surface area contributed by atoms with Gasteiger partial charge in [-0.15, -0.1) is 0 Å². The summed E-state index contributed by atoms with van der Waals surface area (Å²) in [7, 11) is 0.778. The van der Waals surface area contributed by atoms with Gasteiger partial charge in [0.05, 0.1) is 6.61 Å². The summed E-state index contributed by atoms with van der Waals surface area (Å²) in [6.45, 7) is 12.5. The SMILES string of the molecule is [2H]OCCCCCCOP(C)N(C(C)C)C(C)C.[3H]C. The third-order valence-corrected chi connectivity index (χ3v) is 4.83. The minimum absolute atomic E-state index is 0.472. The fraction of sp³-hybridized carbons (Fsp3) is 1.00. The molecular weight excluding hydrogens is 245 g/mol. The molecule has 0 spiro atoms. The number of nitrogens with zero attached hydrogens (tertiary/aromatic N) is 1. The monoisotopic (exact) mass is 282 g/mol. The van der Waals surface area contributed by atoms with E-state index in [4.69, 9.17) is 7.33 Å². The van der Waals surface area contributed by atoms with Crippen LogP contribution in [0, 0.1) is 0 Å². The molecule has 0 heterocycles. The highest BCUT2D eigenvalue weighted by molar-refractivity contribution is 7.49. The number of aliphatic hydroxyl groups excluding tert-OH is 1. The van der Waals surface area contributed by atoms with Gasteiger partial charge in [0.2, 0.25) is 1.43 Å². The third-order valence-electron chi connectivity index (χ3n) is 2.70. The van der Waals surface area contributed by atoms with E-state index in [0.29, 0.717) is 18.7 Å². The molecule has 0 aliphatic rings. The summed E-state index contributed by atoms with van der Waals surface area (Å²) >= 11 is 0. The van der Waals surface area contributed by atoms with Gasteiger partial charge in [0.25, 0.3) is 0 Å². The normalized spacial score (nSPS) is 14.3. The number of aliphatic hydroxyl groups is 1. The van der Waals surface area contributed by atoms with E-state index in [1.807, 2.05) is 0 Å². The van der Waals surface area contributed by atoms with Crippen molar-refractivity contribution >= 4 is 8.30 Å². The highest BCUT2D eigenvalue weighted by Gasteiger charge is 2.20. The summed E-state index contributed by atoms with van der Waals surface area (Å²) in [5.74, 6) is 0. The molecule has 0 fully saturated rings. The first-order valence-electron chi connectivity index (χ1n) is 8.14. The minimum Gasteiger partial charge on any atom is -0.396 e. The molecule has 18 heavy (non-hydrogen) atoms. The molecule has 0 aromatic rings. The van der Waals surface area contributed by atoms with Gasteiger partial charge in [-0.25, -0.2) is 0 Å². The summed E-state index contributed by atoms with van der Waals surface area (Å²) in [4.78, 5) is 0. The average Bonchev–Trinajstić information content (AvgIpc) is 2.39. The molecular formula is C14H34NO2P. The Morgan fingerprint density at radius 3 is 2.28 bits per heavy atom. The largest absolute Gasteiger partial charge is 0.396 e. The van der Waals surface area contributed by atoms with Crippen molar-refractivity contribution in [2.45, 2.75) is 72.9 Å². The Bertz CT molecular complexity index is 190. The average molecular weight is 282 g/mol. The molecule has 0 saturated carbocycles. The van der Waals surface area contributed by atoms with Crippen molar-refractivity contribution in [1.29, 1.82) is 1.43 Å². The van der Waals surface area contributed by atoms with Gasteiger partial charge in [0.1, 0.15) is 8.30 Å². The Balaban J connectivity index is 0. The third kappa shape index (κ3) is 9.27. The number of unbranched alkanes of at least 4 members (excludes halogenated alkanes) is 3.